The fourth-order valence-electron chi connectivity index (χ4n) is 2.25. The maximum Gasteiger partial charge on any atom is 0.333 e. The van der Waals surface area contributed by atoms with Gasteiger partial charge in [0, 0.05) is 35.6 Å². The average Bonchev–Trinajstić information content (AvgIpc) is 2.63. The third-order valence-electron chi connectivity index (χ3n) is 3.39. The van der Waals surface area contributed by atoms with Crippen LogP contribution in [0.15, 0.2) is 36.4 Å². The van der Waals surface area contributed by atoms with Crippen molar-refractivity contribution in [3.8, 4) is 0 Å². The predicted molar refractivity (Wildman–Crippen MR) is 72.5 cm³/mol. The minimum atomic E-state index is -0.345. The number of methoxy groups -OCH3 is 1. The van der Waals surface area contributed by atoms with Crippen molar-refractivity contribution < 1.29 is 9.53 Å². The molecule has 0 saturated heterocycles. The first-order chi connectivity index (χ1) is 8.56. The summed E-state index contributed by atoms with van der Waals surface area (Å²) in [4.78, 5) is 11.4. The largest absolute Gasteiger partial charge is 0.466 e. The molecule has 18 heavy (non-hydrogen) atoms. The Morgan fingerprint density at radius 2 is 2.06 bits per heavy atom. The normalized spacial score (nSPS) is 10.6. The Hall–Kier alpha value is -2.03. The van der Waals surface area contributed by atoms with E-state index in [0.29, 0.717) is 12.0 Å². The summed E-state index contributed by atoms with van der Waals surface area (Å²) in [6, 6.07) is 8.17. The molecule has 1 aromatic carbocycles. The lowest BCUT2D eigenvalue weighted by atomic mass is 10.0. The number of carbonyl (C=O) groups excluding carboxylic acids is 1. The summed E-state index contributed by atoms with van der Waals surface area (Å²) >= 11 is 0. The van der Waals surface area contributed by atoms with Gasteiger partial charge in [-0.2, -0.15) is 0 Å². The molecule has 2 rings (SSSR count). The van der Waals surface area contributed by atoms with Gasteiger partial charge in [0.1, 0.15) is 0 Å². The third kappa shape index (κ3) is 1.92. The summed E-state index contributed by atoms with van der Waals surface area (Å²) in [5.41, 5.74) is 3.95. The molecule has 0 bridgehead atoms. The Morgan fingerprint density at radius 3 is 2.72 bits per heavy atom. The van der Waals surface area contributed by atoms with Crippen LogP contribution < -0.4 is 0 Å². The van der Waals surface area contributed by atoms with Crippen LogP contribution in [0.1, 0.15) is 11.3 Å². The second-order valence-corrected chi connectivity index (χ2v) is 4.41. The number of nitrogens with zero attached hydrogens (tertiary/aromatic N) is 1. The van der Waals surface area contributed by atoms with E-state index < -0.39 is 0 Å². The van der Waals surface area contributed by atoms with E-state index in [4.69, 9.17) is 4.74 Å². The van der Waals surface area contributed by atoms with Gasteiger partial charge >= 0.3 is 5.97 Å². The first-order valence-electron chi connectivity index (χ1n) is 5.85. The summed E-state index contributed by atoms with van der Waals surface area (Å²) in [7, 11) is 3.41. The van der Waals surface area contributed by atoms with Gasteiger partial charge in [-0.1, -0.05) is 24.8 Å². The number of carbonyl (C=O) groups is 1. The van der Waals surface area contributed by atoms with Gasteiger partial charge in [-0.05, 0) is 18.6 Å². The van der Waals surface area contributed by atoms with Crippen LogP contribution in [-0.2, 0) is 23.0 Å². The van der Waals surface area contributed by atoms with Crippen molar-refractivity contribution in [3.63, 3.8) is 0 Å². The Kier molecular flexibility index (Phi) is 3.24. The highest BCUT2D eigenvalue weighted by Gasteiger charge is 2.15. The molecule has 1 heterocycles. The number of aryl methyl sites for hydroxylation is 1. The summed E-state index contributed by atoms with van der Waals surface area (Å²) in [6.45, 7) is 5.85. The van der Waals surface area contributed by atoms with E-state index in [0.717, 1.165) is 11.3 Å². The molecule has 3 nitrogen and oxygen atoms in total. The van der Waals surface area contributed by atoms with Gasteiger partial charge in [-0.25, -0.2) is 4.79 Å². The van der Waals surface area contributed by atoms with Crippen molar-refractivity contribution >= 4 is 16.9 Å². The van der Waals surface area contributed by atoms with E-state index >= 15 is 0 Å². The first-order valence-corrected chi connectivity index (χ1v) is 5.85. The van der Waals surface area contributed by atoms with E-state index in [2.05, 4.69) is 30.2 Å². The van der Waals surface area contributed by atoms with Crippen LogP contribution in [0.2, 0.25) is 0 Å². The second-order valence-electron chi connectivity index (χ2n) is 4.41. The van der Waals surface area contributed by atoms with Crippen LogP contribution >= 0.6 is 0 Å². The van der Waals surface area contributed by atoms with E-state index in [9.17, 15) is 4.79 Å². The number of hydrogen-bond acceptors (Lipinski definition) is 2. The van der Waals surface area contributed by atoms with Crippen molar-refractivity contribution in [1.82, 2.24) is 4.57 Å². The lowest BCUT2D eigenvalue weighted by molar-refractivity contribution is -0.136. The molecule has 0 amide bonds. The fourth-order valence-corrected chi connectivity index (χ4v) is 2.25. The first kappa shape index (κ1) is 12.4. The lowest BCUT2D eigenvalue weighted by Gasteiger charge is -2.04. The molecule has 0 spiro atoms. The lowest BCUT2D eigenvalue weighted by Crippen LogP contribution is -2.06. The zero-order valence-electron chi connectivity index (χ0n) is 11.0. The minimum Gasteiger partial charge on any atom is -0.466 e. The van der Waals surface area contributed by atoms with E-state index in [1.54, 1.807) is 0 Å². The molecule has 0 radical (unpaired) electrons. The highest BCUT2D eigenvalue weighted by atomic mass is 16.5. The molecule has 0 saturated carbocycles. The van der Waals surface area contributed by atoms with Gasteiger partial charge in [0.05, 0.1) is 7.11 Å². The summed E-state index contributed by atoms with van der Waals surface area (Å²) in [6.07, 6.45) is 0.528. The minimum absolute atomic E-state index is 0.345. The average molecular weight is 243 g/mol. The molecule has 94 valence electrons. The summed E-state index contributed by atoms with van der Waals surface area (Å²) in [5, 5.41) is 1.17. The van der Waals surface area contributed by atoms with E-state index in [1.807, 2.05) is 19.2 Å². The molecule has 0 atom stereocenters. The maximum absolute atomic E-state index is 11.4. The molecule has 1 aromatic heterocycles. The van der Waals surface area contributed by atoms with Crippen LogP contribution in [0.25, 0.3) is 10.9 Å². The van der Waals surface area contributed by atoms with Crippen molar-refractivity contribution in [1.29, 1.82) is 0 Å². The zero-order chi connectivity index (χ0) is 13.3. The van der Waals surface area contributed by atoms with Gasteiger partial charge in [0.15, 0.2) is 0 Å². The fraction of sp³-hybridized carbons (Fsp3) is 0.267. The molecule has 0 aliphatic carbocycles. The number of esters is 1. The summed E-state index contributed by atoms with van der Waals surface area (Å²) in [5.74, 6) is -0.345. The maximum atomic E-state index is 11.4. The van der Waals surface area contributed by atoms with Gasteiger partial charge in [-0.3, -0.25) is 0 Å². The Balaban J connectivity index is 2.48. The van der Waals surface area contributed by atoms with Crippen LogP contribution in [0.5, 0.6) is 0 Å². The number of rotatable bonds is 3. The van der Waals surface area contributed by atoms with Crippen molar-refractivity contribution in [2.24, 2.45) is 7.05 Å². The third-order valence-corrected chi connectivity index (χ3v) is 3.39. The molecule has 0 fully saturated rings. The quantitative estimate of drug-likeness (QED) is 0.613. The number of fused-ring (bicyclic) bond motifs is 1. The number of hydrogen-bond donors (Lipinski definition) is 0. The van der Waals surface area contributed by atoms with Crippen molar-refractivity contribution in [3.05, 3.63) is 47.7 Å². The molecule has 0 aliphatic heterocycles. The Bertz CT molecular complexity index is 623. The van der Waals surface area contributed by atoms with Gasteiger partial charge in [0.2, 0.25) is 0 Å². The SMILES string of the molecule is C=C(Cc1c(C)n(C)c2ccccc12)C(=O)OC. The van der Waals surface area contributed by atoms with Gasteiger partial charge in [0.25, 0.3) is 0 Å². The number of para-hydroxylation sites is 1. The van der Waals surface area contributed by atoms with Crippen molar-refractivity contribution in [2.75, 3.05) is 7.11 Å². The standard InChI is InChI=1S/C15H17NO2/c1-10(15(17)18-4)9-13-11(2)16(3)14-8-6-5-7-12(13)14/h5-8H,1,9H2,2-4H3. The highest BCUT2D eigenvalue weighted by Crippen LogP contribution is 2.26. The Morgan fingerprint density at radius 1 is 1.39 bits per heavy atom. The molecular formula is C15H17NO2. The smallest absolute Gasteiger partial charge is 0.333 e. The van der Waals surface area contributed by atoms with Crippen LogP contribution in [0.3, 0.4) is 0 Å². The zero-order valence-corrected chi connectivity index (χ0v) is 11.0. The monoisotopic (exact) mass is 243 g/mol. The van der Waals surface area contributed by atoms with Crippen molar-refractivity contribution in [2.45, 2.75) is 13.3 Å². The topological polar surface area (TPSA) is 31.2 Å². The summed E-state index contributed by atoms with van der Waals surface area (Å²) < 4.78 is 6.83. The van der Waals surface area contributed by atoms with Crippen LogP contribution in [0.4, 0.5) is 0 Å². The number of benzene rings is 1. The molecule has 0 N–H and O–H groups in total. The van der Waals surface area contributed by atoms with E-state index in [-0.39, 0.29) is 5.97 Å². The number of ether oxygens (including phenoxy) is 1. The molecule has 0 aliphatic rings. The molecule has 2 aromatic rings. The molecular weight excluding hydrogens is 226 g/mol. The van der Waals surface area contributed by atoms with Gasteiger partial charge < -0.3 is 9.30 Å². The van der Waals surface area contributed by atoms with Gasteiger partial charge in [-0.15, -0.1) is 0 Å². The van der Waals surface area contributed by atoms with E-state index in [1.165, 1.54) is 18.0 Å². The highest BCUT2D eigenvalue weighted by molar-refractivity contribution is 5.91. The number of aromatic nitrogens is 1. The second kappa shape index (κ2) is 4.69. The predicted octanol–water partition coefficient (Wildman–Crippen LogP) is 2.76. The molecule has 0 unspecified atom stereocenters. The van der Waals surface area contributed by atoms with Crippen LogP contribution in [-0.4, -0.2) is 17.6 Å². The van der Waals surface area contributed by atoms with Crippen LogP contribution in [0, 0.1) is 6.92 Å². The molecule has 3 heteroatoms. The Labute approximate surface area is 107 Å².